The molecule has 3 aromatic rings. The highest BCUT2D eigenvalue weighted by Crippen LogP contribution is 2.24. The molecule has 6 nitrogen and oxygen atoms in total. The average Bonchev–Trinajstić information content (AvgIpc) is 3.16. The topological polar surface area (TPSA) is 52.4 Å². The van der Waals surface area contributed by atoms with Crippen molar-refractivity contribution >= 4 is 17.7 Å². The SMILES string of the molecule is c1ccc(Cn2c(SCCOc3ccccc3)nnc2N2CCOCC2)cc1. The summed E-state index contributed by atoms with van der Waals surface area (Å²) in [5.74, 6) is 2.62. The molecular formula is C21H24N4O2S. The van der Waals surface area contributed by atoms with Gasteiger partial charge in [-0.3, -0.25) is 4.57 Å². The lowest BCUT2D eigenvalue weighted by atomic mass is 10.2. The largest absolute Gasteiger partial charge is 0.493 e. The molecule has 0 bridgehead atoms. The highest BCUT2D eigenvalue weighted by molar-refractivity contribution is 7.99. The van der Waals surface area contributed by atoms with Gasteiger partial charge in [0, 0.05) is 18.8 Å². The molecule has 0 amide bonds. The van der Waals surface area contributed by atoms with Gasteiger partial charge in [0.1, 0.15) is 5.75 Å². The second-order valence-corrected chi connectivity index (χ2v) is 7.53. The molecule has 0 N–H and O–H groups in total. The first-order valence-corrected chi connectivity index (χ1v) is 10.5. The number of morpholine rings is 1. The molecule has 2 aromatic carbocycles. The zero-order valence-corrected chi connectivity index (χ0v) is 16.6. The first-order valence-electron chi connectivity index (χ1n) is 9.50. The quantitative estimate of drug-likeness (QED) is 0.430. The highest BCUT2D eigenvalue weighted by atomic mass is 32.2. The van der Waals surface area contributed by atoms with Gasteiger partial charge >= 0.3 is 0 Å². The Kier molecular flexibility index (Phi) is 6.47. The van der Waals surface area contributed by atoms with Gasteiger partial charge in [-0.25, -0.2) is 0 Å². The van der Waals surface area contributed by atoms with Crippen LogP contribution in [-0.2, 0) is 11.3 Å². The summed E-state index contributed by atoms with van der Waals surface area (Å²) in [6.45, 7) is 4.52. The maximum atomic E-state index is 5.80. The Labute approximate surface area is 169 Å². The van der Waals surface area contributed by atoms with Crippen LogP contribution in [0.2, 0.25) is 0 Å². The third kappa shape index (κ3) is 4.85. The van der Waals surface area contributed by atoms with Gasteiger partial charge in [-0.1, -0.05) is 60.3 Å². The lowest BCUT2D eigenvalue weighted by Gasteiger charge is -2.28. The maximum Gasteiger partial charge on any atom is 0.228 e. The molecule has 7 heteroatoms. The van der Waals surface area contributed by atoms with E-state index in [-0.39, 0.29) is 0 Å². The molecular weight excluding hydrogens is 372 g/mol. The predicted octanol–water partition coefficient (Wildman–Crippen LogP) is 3.33. The Balaban J connectivity index is 1.45. The minimum absolute atomic E-state index is 0.625. The van der Waals surface area contributed by atoms with E-state index in [1.54, 1.807) is 11.8 Å². The van der Waals surface area contributed by atoms with E-state index >= 15 is 0 Å². The summed E-state index contributed by atoms with van der Waals surface area (Å²) in [6, 6.07) is 20.3. The number of hydrogen-bond acceptors (Lipinski definition) is 6. The van der Waals surface area contributed by atoms with Gasteiger partial charge in [0.25, 0.3) is 0 Å². The molecule has 1 saturated heterocycles. The summed E-state index contributed by atoms with van der Waals surface area (Å²) in [5, 5.41) is 9.88. The van der Waals surface area contributed by atoms with Crippen molar-refractivity contribution in [2.75, 3.05) is 43.6 Å². The van der Waals surface area contributed by atoms with Crippen molar-refractivity contribution in [3.63, 3.8) is 0 Å². The first-order chi connectivity index (χ1) is 13.9. The van der Waals surface area contributed by atoms with Gasteiger partial charge in [0.15, 0.2) is 5.16 Å². The molecule has 1 aliphatic heterocycles. The summed E-state index contributed by atoms with van der Waals surface area (Å²) < 4.78 is 13.5. The molecule has 2 heterocycles. The van der Waals surface area contributed by atoms with Crippen LogP contribution < -0.4 is 9.64 Å². The van der Waals surface area contributed by atoms with Crippen LogP contribution in [0.4, 0.5) is 5.95 Å². The zero-order valence-electron chi connectivity index (χ0n) is 15.7. The second kappa shape index (κ2) is 9.61. The van der Waals surface area contributed by atoms with E-state index in [1.807, 2.05) is 36.4 Å². The molecule has 0 saturated carbocycles. The van der Waals surface area contributed by atoms with Crippen molar-refractivity contribution in [3.8, 4) is 5.75 Å². The molecule has 0 unspecified atom stereocenters. The number of aromatic nitrogens is 3. The fourth-order valence-electron chi connectivity index (χ4n) is 3.10. The summed E-state index contributed by atoms with van der Waals surface area (Å²) in [6.07, 6.45) is 0. The molecule has 1 aromatic heterocycles. The number of ether oxygens (including phenoxy) is 2. The summed E-state index contributed by atoms with van der Waals surface area (Å²) >= 11 is 1.68. The minimum Gasteiger partial charge on any atom is -0.493 e. The summed E-state index contributed by atoms with van der Waals surface area (Å²) in [5.41, 5.74) is 1.24. The van der Waals surface area contributed by atoms with E-state index in [2.05, 4.69) is 43.9 Å². The zero-order chi connectivity index (χ0) is 19.0. The minimum atomic E-state index is 0.625. The van der Waals surface area contributed by atoms with Crippen LogP contribution in [0.1, 0.15) is 5.56 Å². The van der Waals surface area contributed by atoms with Crippen LogP contribution in [-0.4, -0.2) is 53.4 Å². The second-order valence-electron chi connectivity index (χ2n) is 6.46. The van der Waals surface area contributed by atoms with Gasteiger partial charge in [-0.05, 0) is 17.7 Å². The Morgan fingerprint density at radius 2 is 1.64 bits per heavy atom. The highest BCUT2D eigenvalue weighted by Gasteiger charge is 2.20. The van der Waals surface area contributed by atoms with E-state index in [9.17, 15) is 0 Å². The van der Waals surface area contributed by atoms with Crippen molar-refractivity contribution in [1.29, 1.82) is 0 Å². The number of nitrogens with zero attached hydrogens (tertiary/aromatic N) is 4. The first kappa shape index (κ1) is 18.8. The molecule has 0 radical (unpaired) electrons. The Bertz CT molecular complexity index is 851. The number of benzene rings is 2. The Morgan fingerprint density at radius 3 is 2.39 bits per heavy atom. The number of hydrogen-bond donors (Lipinski definition) is 0. The van der Waals surface area contributed by atoms with E-state index in [4.69, 9.17) is 9.47 Å². The summed E-state index contributed by atoms with van der Waals surface area (Å²) in [7, 11) is 0. The molecule has 28 heavy (non-hydrogen) atoms. The van der Waals surface area contributed by atoms with Gasteiger partial charge in [0.05, 0.1) is 26.4 Å². The van der Waals surface area contributed by atoms with Crippen molar-refractivity contribution in [1.82, 2.24) is 14.8 Å². The normalized spacial score (nSPS) is 14.2. The van der Waals surface area contributed by atoms with Crippen molar-refractivity contribution < 1.29 is 9.47 Å². The summed E-state index contributed by atoms with van der Waals surface area (Å²) in [4.78, 5) is 2.25. The predicted molar refractivity (Wildman–Crippen MR) is 111 cm³/mol. The van der Waals surface area contributed by atoms with Crippen molar-refractivity contribution in [2.45, 2.75) is 11.7 Å². The molecule has 0 spiro atoms. The van der Waals surface area contributed by atoms with Crippen LogP contribution in [0.5, 0.6) is 5.75 Å². The fourth-order valence-corrected chi connectivity index (χ4v) is 3.85. The van der Waals surface area contributed by atoms with Gasteiger partial charge in [-0.2, -0.15) is 0 Å². The maximum absolute atomic E-state index is 5.80. The van der Waals surface area contributed by atoms with Crippen LogP contribution in [0.3, 0.4) is 0 Å². The third-order valence-corrected chi connectivity index (χ3v) is 5.43. The van der Waals surface area contributed by atoms with Crippen LogP contribution in [0.15, 0.2) is 65.8 Å². The smallest absolute Gasteiger partial charge is 0.228 e. The molecule has 146 valence electrons. The van der Waals surface area contributed by atoms with Crippen molar-refractivity contribution in [3.05, 3.63) is 66.2 Å². The number of para-hydroxylation sites is 1. The lowest BCUT2D eigenvalue weighted by molar-refractivity contribution is 0.121. The number of thioether (sulfide) groups is 1. The third-order valence-electron chi connectivity index (χ3n) is 4.50. The van der Waals surface area contributed by atoms with Crippen molar-refractivity contribution in [2.24, 2.45) is 0 Å². The van der Waals surface area contributed by atoms with Crippen LogP contribution in [0.25, 0.3) is 0 Å². The van der Waals surface area contributed by atoms with Crippen LogP contribution >= 0.6 is 11.8 Å². The Morgan fingerprint density at radius 1 is 0.929 bits per heavy atom. The van der Waals surface area contributed by atoms with E-state index in [0.717, 1.165) is 55.5 Å². The van der Waals surface area contributed by atoms with Gasteiger partial charge < -0.3 is 14.4 Å². The Hall–Kier alpha value is -2.51. The standard InChI is InChI=1S/C21H24N4O2S/c1-3-7-18(8-4-1)17-25-20(24-11-13-26-14-12-24)22-23-21(25)28-16-15-27-19-9-5-2-6-10-19/h1-10H,11-17H2. The van der Waals surface area contributed by atoms with E-state index in [1.165, 1.54) is 5.56 Å². The molecule has 1 fully saturated rings. The molecule has 4 rings (SSSR count). The molecule has 0 atom stereocenters. The molecule has 0 aliphatic carbocycles. The lowest BCUT2D eigenvalue weighted by Crippen LogP contribution is -2.38. The number of rotatable bonds is 8. The van der Waals surface area contributed by atoms with E-state index in [0.29, 0.717) is 6.61 Å². The van der Waals surface area contributed by atoms with E-state index < -0.39 is 0 Å². The molecule has 1 aliphatic rings. The van der Waals surface area contributed by atoms with Gasteiger partial charge in [0.2, 0.25) is 5.95 Å². The fraction of sp³-hybridized carbons (Fsp3) is 0.333. The average molecular weight is 397 g/mol. The monoisotopic (exact) mass is 396 g/mol. The van der Waals surface area contributed by atoms with Crippen LogP contribution in [0, 0.1) is 0 Å². The van der Waals surface area contributed by atoms with Gasteiger partial charge in [-0.15, -0.1) is 10.2 Å². The number of anilines is 1.